The molecule has 1 N–H and O–H groups in total. The van der Waals surface area contributed by atoms with E-state index >= 15 is 0 Å². The van der Waals surface area contributed by atoms with E-state index in [1.165, 1.54) is 24.3 Å². The second-order valence-corrected chi connectivity index (χ2v) is 10.5. The van der Waals surface area contributed by atoms with Crippen LogP contribution in [0.2, 0.25) is 10.0 Å². The fraction of sp³-hybridized carbons (Fsp3) is 0.240. The number of rotatable bonds is 11. The summed E-state index contributed by atoms with van der Waals surface area (Å²) in [6, 6.07) is 18.2. The highest BCUT2D eigenvalue weighted by Crippen LogP contribution is 2.27. The number of ether oxygens (including phenoxy) is 2. The van der Waals surface area contributed by atoms with Crippen molar-refractivity contribution in [3.05, 3.63) is 87.9 Å². The molecular weight excluding hydrogens is 511 g/mol. The van der Waals surface area contributed by atoms with Gasteiger partial charge in [-0.1, -0.05) is 41.4 Å². The third kappa shape index (κ3) is 7.35. The number of benzene rings is 3. The number of carbonyl (C=O) groups excluding carboxylic acids is 1. The van der Waals surface area contributed by atoms with Crippen LogP contribution in [0.4, 0.5) is 0 Å². The van der Waals surface area contributed by atoms with Gasteiger partial charge < -0.3 is 14.8 Å². The second kappa shape index (κ2) is 12.3. The van der Waals surface area contributed by atoms with Gasteiger partial charge in [0.15, 0.2) is 11.5 Å². The Balaban J connectivity index is 1.72. The van der Waals surface area contributed by atoms with E-state index in [-0.39, 0.29) is 18.0 Å². The number of carbonyl (C=O) groups is 1. The first-order chi connectivity index (χ1) is 16.7. The van der Waals surface area contributed by atoms with E-state index in [2.05, 4.69) is 5.32 Å². The molecule has 0 aliphatic rings. The molecule has 0 fully saturated rings. The van der Waals surface area contributed by atoms with Crippen LogP contribution in [0.15, 0.2) is 71.6 Å². The third-order valence-corrected chi connectivity index (χ3v) is 7.50. The number of halogens is 2. The number of amides is 1. The molecule has 0 bridgehead atoms. The number of hydrogen-bond acceptors (Lipinski definition) is 5. The molecule has 1 amide bonds. The lowest BCUT2D eigenvalue weighted by Gasteiger charge is -2.22. The molecule has 0 aromatic heterocycles. The van der Waals surface area contributed by atoms with Crippen LogP contribution in [-0.4, -0.2) is 45.9 Å². The van der Waals surface area contributed by atoms with Crippen LogP contribution in [-0.2, 0) is 27.8 Å². The molecule has 0 aliphatic carbocycles. The quantitative estimate of drug-likeness (QED) is 0.388. The van der Waals surface area contributed by atoms with Crippen LogP contribution in [0, 0.1) is 0 Å². The summed E-state index contributed by atoms with van der Waals surface area (Å²) in [5, 5.41) is 3.69. The monoisotopic (exact) mass is 536 g/mol. The van der Waals surface area contributed by atoms with Crippen molar-refractivity contribution in [3.63, 3.8) is 0 Å². The highest BCUT2D eigenvalue weighted by Gasteiger charge is 2.27. The maximum Gasteiger partial charge on any atom is 0.243 e. The van der Waals surface area contributed by atoms with Crippen LogP contribution in [0.25, 0.3) is 0 Å². The smallest absolute Gasteiger partial charge is 0.243 e. The Kier molecular flexibility index (Phi) is 9.40. The van der Waals surface area contributed by atoms with E-state index in [4.69, 9.17) is 32.7 Å². The zero-order valence-corrected chi connectivity index (χ0v) is 21.7. The molecular formula is C25H26Cl2N2O5S. The maximum atomic E-state index is 13.3. The van der Waals surface area contributed by atoms with E-state index in [0.29, 0.717) is 40.1 Å². The van der Waals surface area contributed by atoms with Crippen molar-refractivity contribution < 1.29 is 22.7 Å². The summed E-state index contributed by atoms with van der Waals surface area (Å²) in [5.41, 5.74) is 1.60. The maximum absolute atomic E-state index is 13.3. The van der Waals surface area contributed by atoms with Crippen molar-refractivity contribution >= 4 is 39.1 Å². The number of nitrogens with zero attached hydrogens (tertiary/aromatic N) is 1. The molecule has 0 atom stereocenters. The van der Waals surface area contributed by atoms with Crippen LogP contribution >= 0.6 is 23.2 Å². The summed E-state index contributed by atoms with van der Waals surface area (Å²) in [6.07, 6.45) is 0.532. The molecule has 35 heavy (non-hydrogen) atoms. The SMILES string of the molecule is COc1ccc(CCNC(=O)CN(Cc2cccc(Cl)c2)S(=O)(=O)c2ccc(Cl)cc2)cc1OC. The minimum Gasteiger partial charge on any atom is -0.493 e. The molecule has 0 unspecified atom stereocenters. The summed E-state index contributed by atoms with van der Waals surface area (Å²) in [5.74, 6) is 0.785. The minimum atomic E-state index is -3.98. The van der Waals surface area contributed by atoms with Crippen molar-refractivity contribution in [1.29, 1.82) is 0 Å². The molecule has 10 heteroatoms. The van der Waals surface area contributed by atoms with Crippen LogP contribution in [0.3, 0.4) is 0 Å². The summed E-state index contributed by atoms with van der Waals surface area (Å²) in [4.78, 5) is 12.8. The highest BCUT2D eigenvalue weighted by atomic mass is 35.5. The standard InChI is InChI=1S/C25H26Cl2N2O5S/c1-33-23-11-6-18(15-24(23)34-2)12-13-28-25(30)17-29(16-19-4-3-5-21(27)14-19)35(31,32)22-9-7-20(26)8-10-22/h3-11,14-15H,12-13,16-17H2,1-2H3,(H,28,30). The van der Waals surface area contributed by atoms with Crippen LogP contribution in [0.1, 0.15) is 11.1 Å². The number of hydrogen-bond donors (Lipinski definition) is 1. The largest absolute Gasteiger partial charge is 0.493 e. The predicted octanol–water partition coefficient (Wildman–Crippen LogP) is 4.56. The molecule has 3 aromatic carbocycles. The lowest BCUT2D eigenvalue weighted by Crippen LogP contribution is -2.40. The van der Waals surface area contributed by atoms with E-state index in [9.17, 15) is 13.2 Å². The van der Waals surface area contributed by atoms with E-state index < -0.39 is 15.9 Å². The molecule has 3 aromatic rings. The van der Waals surface area contributed by atoms with Gasteiger partial charge in [-0.2, -0.15) is 4.31 Å². The summed E-state index contributed by atoms with van der Waals surface area (Å²) in [6.45, 7) is -0.0572. The summed E-state index contributed by atoms with van der Waals surface area (Å²) < 4.78 is 38.3. The lowest BCUT2D eigenvalue weighted by atomic mass is 10.1. The molecule has 0 radical (unpaired) electrons. The molecule has 0 aliphatic heterocycles. The molecule has 0 saturated carbocycles. The lowest BCUT2D eigenvalue weighted by molar-refractivity contribution is -0.121. The second-order valence-electron chi connectivity index (χ2n) is 7.65. The van der Waals surface area contributed by atoms with Gasteiger partial charge in [0.25, 0.3) is 0 Å². The predicted molar refractivity (Wildman–Crippen MR) is 137 cm³/mol. The van der Waals surface area contributed by atoms with Crippen molar-refractivity contribution in [1.82, 2.24) is 9.62 Å². The fourth-order valence-electron chi connectivity index (χ4n) is 3.42. The van der Waals surface area contributed by atoms with Gasteiger partial charge in [0.2, 0.25) is 15.9 Å². The number of nitrogens with one attached hydrogen (secondary N) is 1. The van der Waals surface area contributed by atoms with Crippen molar-refractivity contribution in [3.8, 4) is 11.5 Å². The summed E-state index contributed by atoms with van der Waals surface area (Å²) >= 11 is 12.0. The molecule has 0 spiro atoms. The van der Waals surface area contributed by atoms with Gasteiger partial charge in [-0.05, 0) is 66.1 Å². The Morgan fingerprint density at radius 2 is 1.60 bits per heavy atom. The zero-order chi connectivity index (χ0) is 25.4. The van der Waals surface area contributed by atoms with E-state index in [1.807, 2.05) is 12.1 Å². The molecule has 0 heterocycles. The minimum absolute atomic E-state index is 0.0192. The third-order valence-electron chi connectivity index (χ3n) is 5.20. The molecule has 7 nitrogen and oxygen atoms in total. The fourth-order valence-corrected chi connectivity index (χ4v) is 5.14. The van der Waals surface area contributed by atoms with Gasteiger partial charge in [0, 0.05) is 23.1 Å². The van der Waals surface area contributed by atoms with Gasteiger partial charge in [0.05, 0.1) is 25.7 Å². The zero-order valence-electron chi connectivity index (χ0n) is 19.3. The summed E-state index contributed by atoms with van der Waals surface area (Å²) in [7, 11) is -0.862. The number of methoxy groups -OCH3 is 2. The Morgan fingerprint density at radius 3 is 2.26 bits per heavy atom. The Bertz CT molecular complexity index is 1270. The average molecular weight is 537 g/mol. The van der Waals surface area contributed by atoms with Crippen molar-refractivity contribution in [2.75, 3.05) is 27.3 Å². The normalized spacial score (nSPS) is 11.3. The topological polar surface area (TPSA) is 84.9 Å². The molecule has 3 rings (SSSR count). The average Bonchev–Trinajstić information content (AvgIpc) is 2.84. The highest BCUT2D eigenvalue weighted by molar-refractivity contribution is 7.89. The van der Waals surface area contributed by atoms with E-state index in [0.717, 1.165) is 9.87 Å². The first-order valence-electron chi connectivity index (χ1n) is 10.7. The Labute approximate surface area is 215 Å². The van der Waals surface area contributed by atoms with Crippen molar-refractivity contribution in [2.45, 2.75) is 17.9 Å². The molecule has 186 valence electrons. The molecule has 0 saturated heterocycles. The first kappa shape index (κ1) is 26.8. The Morgan fingerprint density at radius 1 is 0.886 bits per heavy atom. The van der Waals surface area contributed by atoms with Crippen molar-refractivity contribution in [2.24, 2.45) is 0 Å². The first-order valence-corrected chi connectivity index (χ1v) is 12.9. The van der Waals surface area contributed by atoms with Gasteiger partial charge in [-0.3, -0.25) is 4.79 Å². The Hall–Kier alpha value is -2.78. The van der Waals surface area contributed by atoms with Gasteiger partial charge >= 0.3 is 0 Å². The van der Waals surface area contributed by atoms with Gasteiger partial charge in [-0.15, -0.1) is 0 Å². The van der Waals surface area contributed by atoms with Gasteiger partial charge in [0.1, 0.15) is 0 Å². The van der Waals surface area contributed by atoms with Crippen LogP contribution in [0.5, 0.6) is 11.5 Å². The van der Waals surface area contributed by atoms with E-state index in [1.54, 1.807) is 44.6 Å². The van der Waals surface area contributed by atoms with Crippen LogP contribution < -0.4 is 14.8 Å². The van der Waals surface area contributed by atoms with Gasteiger partial charge in [-0.25, -0.2) is 8.42 Å². The number of sulfonamides is 1.